The molecule has 0 radical (unpaired) electrons. The number of amides is 2. The third-order valence-corrected chi connectivity index (χ3v) is 3.87. The lowest BCUT2D eigenvalue weighted by Crippen LogP contribution is -2.20. The van der Waals surface area contributed by atoms with Crippen LogP contribution in [-0.2, 0) is 0 Å². The number of anilines is 2. The Labute approximate surface area is 132 Å². The largest absolute Gasteiger partial charge is 0.323 e. The van der Waals surface area contributed by atoms with Crippen LogP contribution in [0.4, 0.5) is 16.2 Å². The first-order chi connectivity index (χ1) is 10.9. The quantitative estimate of drug-likeness (QED) is 0.584. The highest BCUT2D eigenvalue weighted by Gasteiger charge is 2.08. The normalized spacial score (nSPS) is 10.7. The van der Waals surface area contributed by atoms with E-state index in [1.54, 1.807) is 6.07 Å². The molecule has 0 unspecified atom stereocenters. The van der Waals surface area contributed by atoms with Crippen molar-refractivity contribution in [3.63, 3.8) is 0 Å². The topological polar surface area (TPSA) is 89.8 Å². The van der Waals surface area contributed by atoms with Gasteiger partial charge in [0.15, 0.2) is 0 Å². The zero-order valence-electron chi connectivity index (χ0n) is 13.2. The first-order valence-corrected chi connectivity index (χ1v) is 7.30. The number of benzene rings is 2. The molecule has 3 aromatic rings. The van der Waals surface area contributed by atoms with Crippen molar-refractivity contribution in [3.05, 3.63) is 57.5 Å². The molecule has 0 aliphatic heterocycles. The first-order valence-electron chi connectivity index (χ1n) is 7.30. The van der Waals surface area contributed by atoms with Crippen LogP contribution in [0.5, 0.6) is 0 Å². The number of H-pyrrole nitrogens is 2. The van der Waals surface area contributed by atoms with Crippen molar-refractivity contribution in [1.82, 2.24) is 9.97 Å². The van der Waals surface area contributed by atoms with Crippen LogP contribution in [0, 0.1) is 20.8 Å². The van der Waals surface area contributed by atoms with E-state index in [-0.39, 0.29) is 11.7 Å². The summed E-state index contributed by atoms with van der Waals surface area (Å²) >= 11 is 0. The Balaban J connectivity index is 1.80. The molecule has 0 aliphatic rings. The van der Waals surface area contributed by atoms with Gasteiger partial charge in [0.25, 0.3) is 0 Å². The molecule has 6 nitrogen and oxygen atoms in total. The molecule has 118 valence electrons. The van der Waals surface area contributed by atoms with Crippen LogP contribution >= 0.6 is 0 Å². The molecule has 0 aliphatic carbocycles. The summed E-state index contributed by atoms with van der Waals surface area (Å²) in [6.45, 7) is 5.89. The number of hydrogen-bond acceptors (Lipinski definition) is 2. The van der Waals surface area contributed by atoms with Crippen LogP contribution in [0.1, 0.15) is 16.7 Å². The number of aromatic nitrogens is 2. The average molecular weight is 310 g/mol. The van der Waals surface area contributed by atoms with Gasteiger partial charge in [-0.1, -0.05) is 6.07 Å². The standard InChI is InChI=1S/C17H18N4O2/c1-9-4-5-12(6-10(9)2)18-16(22)19-13-8-15-14(7-11(13)3)20-17(23)21-15/h4-8H,1-3H3,(H2,18,19,22)(H2,20,21,23). The maximum absolute atomic E-state index is 12.2. The molecule has 0 saturated heterocycles. The number of carbonyl (C=O) groups is 1. The summed E-state index contributed by atoms with van der Waals surface area (Å²) in [7, 11) is 0. The third kappa shape index (κ3) is 3.11. The number of nitrogens with one attached hydrogen (secondary N) is 4. The number of rotatable bonds is 2. The van der Waals surface area contributed by atoms with E-state index in [1.165, 1.54) is 5.56 Å². The molecular formula is C17H18N4O2. The molecule has 2 aromatic carbocycles. The Morgan fingerprint density at radius 2 is 1.57 bits per heavy atom. The van der Waals surface area contributed by atoms with Gasteiger partial charge < -0.3 is 20.6 Å². The molecule has 0 fully saturated rings. The van der Waals surface area contributed by atoms with Gasteiger partial charge in [0.1, 0.15) is 0 Å². The van der Waals surface area contributed by atoms with Gasteiger partial charge in [-0.05, 0) is 61.7 Å². The molecule has 1 heterocycles. The number of urea groups is 1. The Morgan fingerprint density at radius 1 is 0.870 bits per heavy atom. The molecule has 6 heteroatoms. The number of aromatic amines is 2. The molecule has 0 atom stereocenters. The van der Waals surface area contributed by atoms with Gasteiger partial charge in [-0.3, -0.25) is 0 Å². The molecular weight excluding hydrogens is 292 g/mol. The molecule has 0 spiro atoms. The summed E-state index contributed by atoms with van der Waals surface area (Å²) in [6.07, 6.45) is 0. The Morgan fingerprint density at radius 3 is 2.26 bits per heavy atom. The molecule has 23 heavy (non-hydrogen) atoms. The summed E-state index contributed by atoms with van der Waals surface area (Å²) < 4.78 is 0. The maximum Gasteiger partial charge on any atom is 0.323 e. The second kappa shape index (κ2) is 5.64. The van der Waals surface area contributed by atoms with Gasteiger partial charge in [0.2, 0.25) is 0 Å². The zero-order valence-corrected chi connectivity index (χ0v) is 13.2. The van der Waals surface area contributed by atoms with Gasteiger partial charge in [-0.2, -0.15) is 0 Å². The number of fused-ring (bicyclic) bond motifs is 1. The van der Waals surface area contributed by atoms with Crippen LogP contribution in [0.25, 0.3) is 11.0 Å². The predicted molar refractivity (Wildman–Crippen MR) is 92.2 cm³/mol. The van der Waals surface area contributed by atoms with Crippen molar-refractivity contribution in [2.75, 3.05) is 10.6 Å². The summed E-state index contributed by atoms with van der Waals surface area (Å²) in [6, 6.07) is 8.98. The summed E-state index contributed by atoms with van der Waals surface area (Å²) in [5.74, 6) is 0. The smallest absolute Gasteiger partial charge is 0.308 e. The van der Waals surface area contributed by atoms with E-state index < -0.39 is 0 Å². The van der Waals surface area contributed by atoms with Crippen molar-refractivity contribution in [1.29, 1.82) is 0 Å². The van der Waals surface area contributed by atoms with Crippen molar-refractivity contribution < 1.29 is 4.79 Å². The highest BCUT2D eigenvalue weighted by atomic mass is 16.2. The van der Waals surface area contributed by atoms with E-state index in [0.29, 0.717) is 16.7 Å². The number of aryl methyl sites for hydroxylation is 3. The van der Waals surface area contributed by atoms with E-state index in [0.717, 1.165) is 16.8 Å². The Hall–Kier alpha value is -3.02. The van der Waals surface area contributed by atoms with Gasteiger partial charge in [-0.25, -0.2) is 9.59 Å². The SMILES string of the molecule is Cc1ccc(NC(=O)Nc2cc3[nH]c(=O)[nH]c3cc2C)cc1C. The minimum atomic E-state index is -0.325. The van der Waals surface area contributed by atoms with E-state index in [2.05, 4.69) is 20.6 Å². The molecule has 3 rings (SSSR count). The Kier molecular flexibility index (Phi) is 3.65. The van der Waals surface area contributed by atoms with Gasteiger partial charge in [0.05, 0.1) is 11.0 Å². The lowest BCUT2D eigenvalue weighted by atomic mass is 10.1. The summed E-state index contributed by atoms with van der Waals surface area (Å²) in [5.41, 5.74) is 5.64. The molecule has 4 N–H and O–H groups in total. The fraction of sp³-hybridized carbons (Fsp3) is 0.176. The van der Waals surface area contributed by atoms with Gasteiger partial charge in [0, 0.05) is 11.4 Å². The fourth-order valence-electron chi connectivity index (χ4n) is 2.43. The minimum Gasteiger partial charge on any atom is -0.308 e. The van der Waals surface area contributed by atoms with Crippen LogP contribution < -0.4 is 16.3 Å². The third-order valence-electron chi connectivity index (χ3n) is 3.87. The van der Waals surface area contributed by atoms with Crippen LogP contribution in [0.3, 0.4) is 0 Å². The molecule has 2 amide bonds. The van der Waals surface area contributed by atoms with Crippen molar-refractivity contribution in [2.24, 2.45) is 0 Å². The van der Waals surface area contributed by atoms with Crippen molar-refractivity contribution >= 4 is 28.4 Å². The Bertz CT molecular complexity index is 953. The van der Waals surface area contributed by atoms with Crippen molar-refractivity contribution in [3.8, 4) is 0 Å². The van der Waals surface area contributed by atoms with E-state index in [1.807, 2.05) is 45.0 Å². The fourth-order valence-corrected chi connectivity index (χ4v) is 2.43. The second-order valence-corrected chi connectivity index (χ2v) is 5.67. The van der Waals surface area contributed by atoms with Crippen LogP contribution in [-0.4, -0.2) is 16.0 Å². The van der Waals surface area contributed by atoms with Gasteiger partial charge >= 0.3 is 11.7 Å². The van der Waals surface area contributed by atoms with Gasteiger partial charge in [-0.15, -0.1) is 0 Å². The molecule has 0 bridgehead atoms. The first kappa shape index (κ1) is 14.9. The molecule has 0 saturated carbocycles. The zero-order chi connectivity index (χ0) is 16.6. The molecule has 1 aromatic heterocycles. The number of imidazole rings is 1. The predicted octanol–water partition coefficient (Wildman–Crippen LogP) is 3.43. The lowest BCUT2D eigenvalue weighted by molar-refractivity contribution is 0.262. The summed E-state index contributed by atoms with van der Waals surface area (Å²) in [4.78, 5) is 28.9. The van der Waals surface area contributed by atoms with Crippen LogP contribution in [0.15, 0.2) is 35.1 Å². The number of carbonyl (C=O) groups excluding carboxylic acids is 1. The number of hydrogen-bond donors (Lipinski definition) is 4. The van der Waals surface area contributed by atoms with E-state index >= 15 is 0 Å². The van der Waals surface area contributed by atoms with E-state index in [9.17, 15) is 9.59 Å². The average Bonchev–Trinajstić information content (AvgIpc) is 2.82. The second-order valence-electron chi connectivity index (χ2n) is 5.67. The monoisotopic (exact) mass is 310 g/mol. The van der Waals surface area contributed by atoms with Crippen molar-refractivity contribution in [2.45, 2.75) is 20.8 Å². The highest BCUT2D eigenvalue weighted by molar-refractivity contribution is 6.01. The summed E-state index contributed by atoms with van der Waals surface area (Å²) in [5, 5.41) is 5.62. The van der Waals surface area contributed by atoms with E-state index in [4.69, 9.17) is 0 Å². The maximum atomic E-state index is 12.2. The van der Waals surface area contributed by atoms with Crippen LogP contribution in [0.2, 0.25) is 0 Å². The lowest BCUT2D eigenvalue weighted by Gasteiger charge is -2.11. The minimum absolute atomic E-state index is 0.267. The highest BCUT2D eigenvalue weighted by Crippen LogP contribution is 2.21.